The summed E-state index contributed by atoms with van der Waals surface area (Å²) in [7, 11) is -4.12. The monoisotopic (exact) mass is 316 g/mol. The summed E-state index contributed by atoms with van der Waals surface area (Å²) in [5.41, 5.74) is -0.421. The van der Waals surface area contributed by atoms with Gasteiger partial charge in [-0.05, 0) is 12.1 Å². The first kappa shape index (κ1) is 13.9. The summed E-state index contributed by atoms with van der Waals surface area (Å²) in [5, 5.41) is 5.94. The molecule has 10 heteroatoms. The van der Waals surface area contributed by atoms with E-state index in [9.17, 15) is 22.0 Å². The van der Waals surface area contributed by atoms with E-state index in [1.165, 1.54) is 4.57 Å². The van der Waals surface area contributed by atoms with Crippen LogP contribution in [0.25, 0.3) is 0 Å². The lowest BCUT2D eigenvalue weighted by Crippen LogP contribution is -2.40. The molecule has 2 heterocycles. The van der Waals surface area contributed by atoms with Crippen LogP contribution in [0.3, 0.4) is 0 Å². The second kappa shape index (κ2) is 4.74. The lowest BCUT2D eigenvalue weighted by Gasteiger charge is -2.26. The third kappa shape index (κ3) is 2.25. The molecule has 1 aromatic carbocycles. The molecule has 1 aliphatic rings. The van der Waals surface area contributed by atoms with E-state index in [0.717, 1.165) is 16.4 Å². The highest BCUT2D eigenvalue weighted by Crippen LogP contribution is 2.22. The van der Waals surface area contributed by atoms with Gasteiger partial charge in [0, 0.05) is 19.2 Å². The minimum absolute atomic E-state index is 0.00555. The van der Waals surface area contributed by atoms with Crippen LogP contribution in [-0.4, -0.2) is 34.0 Å². The van der Waals surface area contributed by atoms with Crippen molar-refractivity contribution in [3.63, 3.8) is 0 Å². The summed E-state index contributed by atoms with van der Waals surface area (Å²) < 4.78 is 53.6. The maximum Gasteiger partial charge on any atom is 0.343 e. The van der Waals surface area contributed by atoms with Crippen LogP contribution in [0, 0.1) is 11.6 Å². The second-order valence-electron chi connectivity index (χ2n) is 4.51. The fourth-order valence-electron chi connectivity index (χ4n) is 2.18. The summed E-state index contributed by atoms with van der Waals surface area (Å²) in [6.45, 7) is -0.0316. The number of aromatic amines is 1. The Morgan fingerprint density at radius 1 is 1.24 bits per heavy atom. The Bertz CT molecular complexity index is 859. The third-order valence-corrected chi connectivity index (χ3v) is 5.12. The summed E-state index contributed by atoms with van der Waals surface area (Å²) in [5.74, 6) is -1.76. The van der Waals surface area contributed by atoms with Crippen molar-refractivity contribution in [1.29, 1.82) is 0 Å². The number of benzene rings is 1. The number of nitrogens with zero attached hydrogens (tertiary/aromatic N) is 3. The van der Waals surface area contributed by atoms with Crippen LogP contribution in [0.2, 0.25) is 0 Å². The SMILES string of the molecule is O=c1[nH]nc2n1CCN(S(=O)(=O)c1ccc(F)cc1F)C2. The van der Waals surface area contributed by atoms with Gasteiger partial charge in [-0.3, -0.25) is 4.57 Å². The maximum atomic E-state index is 13.7. The molecule has 112 valence electrons. The maximum absolute atomic E-state index is 13.7. The lowest BCUT2D eigenvalue weighted by atomic mass is 10.3. The van der Waals surface area contributed by atoms with Crippen LogP contribution < -0.4 is 5.69 Å². The molecule has 0 atom stereocenters. The molecule has 1 aliphatic heterocycles. The van der Waals surface area contributed by atoms with E-state index < -0.39 is 32.2 Å². The first-order chi connectivity index (χ1) is 9.89. The number of aromatic nitrogens is 3. The number of nitrogens with one attached hydrogen (secondary N) is 1. The van der Waals surface area contributed by atoms with Crippen LogP contribution in [0.1, 0.15) is 5.82 Å². The number of halogens is 2. The fourth-order valence-corrected chi connectivity index (χ4v) is 3.61. The van der Waals surface area contributed by atoms with Gasteiger partial charge in [0.15, 0.2) is 0 Å². The number of sulfonamides is 1. The topological polar surface area (TPSA) is 88.1 Å². The number of H-pyrrole nitrogens is 1. The Hall–Kier alpha value is -2.07. The Labute approximate surface area is 117 Å². The van der Waals surface area contributed by atoms with Crippen molar-refractivity contribution in [2.45, 2.75) is 18.0 Å². The molecule has 1 N–H and O–H groups in total. The van der Waals surface area contributed by atoms with Crippen molar-refractivity contribution in [2.75, 3.05) is 6.54 Å². The van der Waals surface area contributed by atoms with Gasteiger partial charge in [-0.2, -0.15) is 9.40 Å². The summed E-state index contributed by atoms with van der Waals surface area (Å²) in [4.78, 5) is 10.8. The van der Waals surface area contributed by atoms with Gasteiger partial charge in [0.1, 0.15) is 22.4 Å². The zero-order valence-corrected chi connectivity index (χ0v) is 11.4. The third-order valence-electron chi connectivity index (χ3n) is 3.24. The van der Waals surface area contributed by atoms with Crippen LogP contribution in [-0.2, 0) is 23.1 Å². The Kier molecular flexibility index (Phi) is 3.14. The van der Waals surface area contributed by atoms with Gasteiger partial charge in [-0.25, -0.2) is 27.1 Å². The molecule has 1 aromatic heterocycles. The summed E-state index contributed by atoms with van der Waals surface area (Å²) >= 11 is 0. The highest BCUT2D eigenvalue weighted by atomic mass is 32.2. The van der Waals surface area contributed by atoms with Gasteiger partial charge < -0.3 is 0 Å². The minimum atomic E-state index is -4.12. The van der Waals surface area contributed by atoms with Crippen LogP contribution in [0.5, 0.6) is 0 Å². The quantitative estimate of drug-likeness (QED) is 0.848. The standard InChI is InChI=1S/C11H10F2N4O3S/c12-7-1-2-9(8(13)5-7)21(19,20)16-3-4-17-10(6-16)14-15-11(17)18/h1-2,5H,3-4,6H2,(H,15,18). The molecule has 0 fully saturated rings. The molecule has 21 heavy (non-hydrogen) atoms. The van der Waals surface area contributed by atoms with E-state index in [1.54, 1.807) is 0 Å². The van der Waals surface area contributed by atoms with E-state index in [-0.39, 0.29) is 25.5 Å². The van der Waals surface area contributed by atoms with Crippen molar-refractivity contribution in [3.8, 4) is 0 Å². The average molecular weight is 316 g/mol. The Morgan fingerprint density at radius 3 is 2.71 bits per heavy atom. The van der Waals surface area contributed by atoms with Crippen molar-refractivity contribution < 1.29 is 17.2 Å². The Balaban J connectivity index is 1.98. The zero-order chi connectivity index (χ0) is 15.2. The van der Waals surface area contributed by atoms with E-state index >= 15 is 0 Å². The van der Waals surface area contributed by atoms with Crippen molar-refractivity contribution >= 4 is 10.0 Å². The number of hydrogen-bond donors (Lipinski definition) is 1. The minimum Gasteiger partial charge on any atom is -0.277 e. The smallest absolute Gasteiger partial charge is 0.277 e. The van der Waals surface area contributed by atoms with Crippen molar-refractivity contribution in [3.05, 3.63) is 46.1 Å². The number of fused-ring (bicyclic) bond motifs is 1. The first-order valence-corrected chi connectivity index (χ1v) is 7.43. The first-order valence-electron chi connectivity index (χ1n) is 5.99. The van der Waals surface area contributed by atoms with E-state index in [2.05, 4.69) is 10.2 Å². The fraction of sp³-hybridized carbons (Fsp3) is 0.273. The van der Waals surface area contributed by atoms with Crippen molar-refractivity contribution in [1.82, 2.24) is 19.1 Å². The molecular formula is C11H10F2N4O3S. The van der Waals surface area contributed by atoms with Gasteiger partial charge in [0.05, 0.1) is 6.54 Å². The molecule has 7 nitrogen and oxygen atoms in total. The highest BCUT2D eigenvalue weighted by molar-refractivity contribution is 7.89. The predicted octanol–water partition coefficient (Wildman–Crippen LogP) is 0.0541. The normalized spacial score (nSPS) is 15.9. The largest absolute Gasteiger partial charge is 0.343 e. The molecule has 2 aromatic rings. The zero-order valence-electron chi connectivity index (χ0n) is 10.6. The van der Waals surface area contributed by atoms with Crippen LogP contribution in [0.15, 0.2) is 27.9 Å². The van der Waals surface area contributed by atoms with Gasteiger partial charge in [-0.15, -0.1) is 0 Å². The Morgan fingerprint density at radius 2 is 2.00 bits per heavy atom. The van der Waals surface area contributed by atoms with Gasteiger partial charge in [0.2, 0.25) is 10.0 Å². The molecule has 0 bridgehead atoms. The second-order valence-corrected chi connectivity index (χ2v) is 6.42. The van der Waals surface area contributed by atoms with Gasteiger partial charge in [0.25, 0.3) is 0 Å². The average Bonchev–Trinajstić information content (AvgIpc) is 2.79. The molecule has 0 aliphatic carbocycles. The molecule has 0 saturated carbocycles. The van der Waals surface area contributed by atoms with Crippen LogP contribution in [0.4, 0.5) is 8.78 Å². The van der Waals surface area contributed by atoms with E-state index in [0.29, 0.717) is 6.07 Å². The molecule has 0 saturated heterocycles. The lowest BCUT2D eigenvalue weighted by molar-refractivity contribution is 0.331. The predicted molar refractivity (Wildman–Crippen MR) is 66.8 cm³/mol. The molecule has 0 radical (unpaired) electrons. The van der Waals surface area contributed by atoms with Gasteiger partial charge in [-0.1, -0.05) is 0 Å². The van der Waals surface area contributed by atoms with Gasteiger partial charge >= 0.3 is 5.69 Å². The molecular weight excluding hydrogens is 306 g/mol. The molecule has 0 spiro atoms. The van der Waals surface area contributed by atoms with E-state index in [1.807, 2.05) is 0 Å². The highest BCUT2D eigenvalue weighted by Gasteiger charge is 2.32. The number of hydrogen-bond acceptors (Lipinski definition) is 4. The molecule has 0 unspecified atom stereocenters. The molecule has 0 amide bonds. The van der Waals surface area contributed by atoms with Crippen LogP contribution >= 0.6 is 0 Å². The van der Waals surface area contributed by atoms with Crippen molar-refractivity contribution in [2.24, 2.45) is 0 Å². The number of rotatable bonds is 2. The summed E-state index contributed by atoms with van der Waals surface area (Å²) in [6, 6.07) is 2.28. The van der Waals surface area contributed by atoms with E-state index in [4.69, 9.17) is 0 Å². The summed E-state index contributed by atoms with van der Waals surface area (Å²) in [6.07, 6.45) is 0. The molecule has 3 rings (SSSR count).